The zero-order valence-corrected chi connectivity index (χ0v) is 14.9. The van der Waals surface area contributed by atoms with Crippen molar-refractivity contribution in [2.24, 2.45) is 0 Å². The van der Waals surface area contributed by atoms with E-state index in [1.807, 2.05) is 6.07 Å². The van der Waals surface area contributed by atoms with Crippen molar-refractivity contribution >= 4 is 0 Å². The van der Waals surface area contributed by atoms with E-state index in [0.717, 1.165) is 4.18 Å². The maximum absolute atomic E-state index is 5.57. The van der Waals surface area contributed by atoms with Crippen LogP contribution in [0.15, 0.2) is 30.3 Å². The predicted octanol–water partition coefficient (Wildman–Crippen LogP) is 3.22. The number of hydrogen-bond acceptors (Lipinski definition) is 3. The molecule has 1 rings (SSSR count). The molecule has 0 heterocycles. The SMILES string of the molecule is C[O][Hf]([CH2]C(C)(C)c1ccccc1)([O]C)[O]C. The van der Waals surface area contributed by atoms with Crippen LogP contribution in [-0.2, 0) is 35.3 Å². The molecule has 0 unspecified atom stereocenters. The van der Waals surface area contributed by atoms with Crippen molar-refractivity contribution < 1.29 is 29.8 Å². The number of benzene rings is 1. The molecule has 0 atom stereocenters. The summed E-state index contributed by atoms with van der Waals surface area (Å²) in [5, 5.41) is 0. The molecule has 0 aliphatic rings. The molecule has 3 nitrogen and oxygen atoms in total. The van der Waals surface area contributed by atoms with Crippen molar-refractivity contribution in [1.29, 1.82) is 0 Å². The van der Waals surface area contributed by atoms with E-state index in [1.54, 1.807) is 21.3 Å². The molecular weight excluding hydrogens is 383 g/mol. The molecule has 96 valence electrons. The van der Waals surface area contributed by atoms with Gasteiger partial charge in [0.2, 0.25) is 0 Å². The van der Waals surface area contributed by atoms with E-state index in [4.69, 9.17) is 8.56 Å². The molecule has 0 aliphatic heterocycles. The van der Waals surface area contributed by atoms with E-state index in [-0.39, 0.29) is 5.41 Å². The van der Waals surface area contributed by atoms with Gasteiger partial charge in [-0.05, 0) is 0 Å². The Morgan fingerprint density at radius 3 is 1.82 bits per heavy atom. The molecule has 0 amide bonds. The molecule has 0 bridgehead atoms. The zero-order chi connectivity index (χ0) is 12.9. The van der Waals surface area contributed by atoms with Crippen LogP contribution in [0.3, 0.4) is 0 Å². The van der Waals surface area contributed by atoms with E-state index in [1.165, 1.54) is 5.56 Å². The molecule has 0 saturated heterocycles. The standard InChI is InChI=1S/C10H13.3CH3O.Hf/c1-10(2,3)9-7-5-4-6-8-9;3*1-2;/h4-8H,1H2,2-3H3;3*1H3;/q;3*-1;+3. The van der Waals surface area contributed by atoms with Gasteiger partial charge >= 0.3 is 111 Å². The average molecular weight is 405 g/mol. The Kier molecular flexibility index (Phi) is 5.51. The van der Waals surface area contributed by atoms with Crippen molar-refractivity contribution in [3.8, 4) is 0 Å². The fraction of sp³-hybridized carbons (Fsp3) is 0.538. The third kappa shape index (κ3) is 3.71. The Hall–Kier alpha value is -0.0299. The van der Waals surface area contributed by atoms with E-state index in [9.17, 15) is 0 Å². The quantitative estimate of drug-likeness (QED) is 0.681. The fourth-order valence-electron chi connectivity index (χ4n) is 2.00. The Morgan fingerprint density at radius 1 is 0.941 bits per heavy atom. The Bertz CT molecular complexity index is 326. The van der Waals surface area contributed by atoms with Gasteiger partial charge in [0.05, 0.1) is 0 Å². The van der Waals surface area contributed by atoms with Gasteiger partial charge in [0.15, 0.2) is 0 Å². The van der Waals surface area contributed by atoms with Crippen molar-refractivity contribution in [3.63, 3.8) is 0 Å². The molecule has 0 aromatic heterocycles. The first kappa shape index (κ1) is 15.0. The molecule has 0 saturated carbocycles. The van der Waals surface area contributed by atoms with Gasteiger partial charge in [-0.25, -0.2) is 0 Å². The molecule has 4 heteroatoms. The third-order valence-corrected chi connectivity index (χ3v) is 14.6. The summed E-state index contributed by atoms with van der Waals surface area (Å²) in [6, 6.07) is 10.4. The molecule has 1 aromatic carbocycles. The molecule has 0 N–H and O–H groups in total. The minimum atomic E-state index is -3.46. The number of hydrogen-bond donors (Lipinski definition) is 0. The van der Waals surface area contributed by atoms with Crippen LogP contribution >= 0.6 is 0 Å². The molecule has 0 fully saturated rings. The summed E-state index contributed by atoms with van der Waals surface area (Å²) in [6.07, 6.45) is 0. The van der Waals surface area contributed by atoms with E-state index >= 15 is 0 Å². The van der Waals surface area contributed by atoms with Gasteiger partial charge in [-0.3, -0.25) is 0 Å². The van der Waals surface area contributed by atoms with Crippen LogP contribution in [0.1, 0.15) is 19.4 Å². The first-order chi connectivity index (χ1) is 7.99. The maximum atomic E-state index is 5.57. The van der Waals surface area contributed by atoms with Crippen LogP contribution in [0, 0.1) is 0 Å². The molecule has 0 radical (unpaired) electrons. The summed E-state index contributed by atoms with van der Waals surface area (Å²) in [6.45, 7) is 4.41. The van der Waals surface area contributed by atoms with Crippen LogP contribution in [0.5, 0.6) is 0 Å². The van der Waals surface area contributed by atoms with Gasteiger partial charge in [-0.2, -0.15) is 0 Å². The summed E-state index contributed by atoms with van der Waals surface area (Å²) in [4.78, 5) is 0. The van der Waals surface area contributed by atoms with Crippen LogP contribution < -0.4 is 0 Å². The Labute approximate surface area is 110 Å². The van der Waals surface area contributed by atoms with Crippen molar-refractivity contribution in [2.45, 2.75) is 23.4 Å². The van der Waals surface area contributed by atoms with Crippen LogP contribution in [-0.4, -0.2) is 21.3 Å². The van der Waals surface area contributed by atoms with E-state index in [2.05, 4.69) is 38.1 Å². The van der Waals surface area contributed by atoms with Gasteiger partial charge in [0.25, 0.3) is 0 Å². The zero-order valence-electron chi connectivity index (χ0n) is 11.3. The van der Waals surface area contributed by atoms with Crippen LogP contribution in [0.4, 0.5) is 0 Å². The van der Waals surface area contributed by atoms with Gasteiger partial charge in [-0.1, -0.05) is 0 Å². The van der Waals surface area contributed by atoms with E-state index in [0.29, 0.717) is 0 Å². The third-order valence-electron chi connectivity index (χ3n) is 3.15. The summed E-state index contributed by atoms with van der Waals surface area (Å²) < 4.78 is 17.6. The van der Waals surface area contributed by atoms with Gasteiger partial charge in [0, 0.05) is 0 Å². The summed E-state index contributed by atoms with van der Waals surface area (Å²) in [7, 11) is 5.07. The van der Waals surface area contributed by atoms with Crippen molar-refractivity contribution in [2.75, 3.05) is 21.3 Å². The predicted molar refractivity (Wildman–Crippen MR) is 65.3 cm³/mol. The van der Waals surface area contributed by atoms with Gasteiger partial charge < -0.3 is 0 Å². The monoisotopic (exact) mass is 406 g/mol. The van der Waals surface area contributed by atoms with E-state index < -0.39 is 21.3 Å². The summed E-state index contributed by atoms with van der Waals surface area (Å²) in [5.74, 6) is 0. The number of rotatable bonds is 6. The normalized spacial score (nSPS) is 12.8. The van der Waals surface area contributed by atoms with Crippen molar-refractivity contribution in [1.82, 2.24) is 0 Å². The van der Waals surface area contributed by atoms with Gasteiger partial charge in [0.1, 0.15) is 0 Å². The molecule has 0 spiro atoms. The fourth-order valence-corrected chi connectivity index (χ4v) is 9.97. The molecule has 0 aliphatic carbocycles. The first-order valence-corrected chi connectivity index (χ1v) is 12.6. The second kappa shape index (κ2) is 6.23. The summed E-state index contributed by atoms with van der Waals surface area (Å²) in [5.41, 5.74) is 1.29. The Balaban J connectivity index is 2.92. The van der Waals surface area contributed by atoms with Crippen LogP contribution in [0.25, 0.3) is 0 Å². The Morgan fingerprint density at radius 2 is 1.41 bits per heavy atom. The minimum absolute atomic E-state index is 0.00481. The van der Waals surface area contributed by atoms with Crippen molar-refractivity contribution in [3.05, 3.63) is 35.9 Å². The van der Waals surface area contributed by atoms with Gasteiger partial charge in [-0.15, -0.1) is 0 Å². The first-order valence-electron chi connectivity index (χ1n) is 5.70. The summed E-state index contributed by atoms with van der Waals surface area (Å²) >= 11 is -3.46. The molecule has 17 heavy (non-hydrogen) atoms. The average Bonchev–Trinajstić information content (AvgIpc) is 2.37. The van der Waals surface area contributed by atoms with Crippen LogP contribution in [0.2, 0.25) is 4.18 Å². The molecular formula is C13H22HfO3. The second-order valence-electron chi connectivity index (χ2n) is 4.72. The second-order valence-corrected chi connectivity index (χ2v) is 15.3. The molecule has 1 aromatic rings. The topological polar surface area (TPSA) is 27.7 Å².